The molecule has 3 rings (SSSR count). The molecule has 25 heavy (non-hydrogen) atoms. The molecule has 1 saturated heterocycles. The Balaban J connectivity index is 1.83. The molecule has 2 aromatic rings. The summed E-state index contributed by atoms with van der Waals surface area (Å²) in [5.74, 6) is 0.00251. The van der Waals surface area contributed by atoms with Gasteiger partial charge in [0.25, 0.3) is 5.91 Å². The summed E-state index contributed by atoms with van der Waals surface area (Å²) < 4.78 is 5.55. The summed E-state index contributed by atoms with van der Waals surface area (Å²) in [6, 6.07) is 11.3. The van der Waals surface area contributed by atoms with Gasteiger partial charge in [0.1, 0.15) is 11.8 Å². The summed E-state index contributed by atoms with van der Waals surface area (Å²) >= 11 is 11.9. The lowest BCUT2D eigenvalue weighted by atomic mass is 10.2. The van der Waals surface area contributed by atoms with Crippen molar-refractivity contribution in [2.75, 3.05) is 16.8 Å². The zero-order valence-corrected chi connectivity index (χ0v) is 15.0. The van der Waals surface area contributed by atoms with Crippen molar-refractivity contribution < 1.29 is 14.3 Å². The van der Waals surface area contributed by atoms with Gasteiger partial charge in [0.2, 0.25) is 5.91 Å². The number of ether oxygens (including phenoxy) is 1. The maximum Gasteiger partial charge on any atom is 0.256 e. The van der Waals surface area contributed by atoms with E-state index in [4.69, 9.17) is 27.9 Å². The number of hydrogen-bond acceptors (Lipinski definition) is 4. The second-order valence-electron chi connectivity index (χ2n) is 5.50. The molecule has 0 radical (unpaired) electrons. The molecular formula is C18H16Cl2N2O3. The van der Waals surface area contributed by atoms with Gasteiger partial charge in [-0.3, -0.25) is 9.59 Å². The molecule has 1 fully saturated rings. The van der Waals surface area contributed by atoms with E-state index in [9.17, 15) is 9.59 Å². The monoisotopic (exact) mass is 378 g/mol. The first kappa shape index (κ1) is 17.6. The standard InChI is InChI=1S/C18H16Cl2N2O3/c1-2-25-16-6-4-3-5-14(16)21-15-10-17(23)22(18(15)24)11-7-8-12(19)13(20)9-11/h3-9,15,21H,2,10H2,1H3. The molecule has 5 nitrogen and oxygen atoms in total. The van der Waals surface area contributed by atoms with E-state index in [0.29, 0.717) is 28.8 Å². The third-order valence-electron chi connectivity index (χ3n) is 3.82. The number of carbonyl (C=O) groups excluding carboxylic acids is 2. The zero-order chi connectivity index (χ0) is 18.0. The number of carbonyl (C=O) groups is 2. The van der Waals surface area contributed by atoms with E-state index in [1.54, 1.807) is 12.1 Å². The van der Waals surface area contributed by atoms with Gasteiger partial charge in [-0.05, 0) is 37.3 Å². The Morgan fingerprint density at radius 2 is 1.92 bits per heavy atom. The van der Waals surface area contributed by atoms with Crippen LogP contribution in [0.25, 0.3) is 0 Å². The Labute approximate surface area is 155 Å². The minimum atomic E-state index is -0.663. The first-order valence-corrected chi connectivity index (χ1v) is 8.57. The van der Waals surface area contributed by atoms with Gasteiger partial charge in [0.05, 0.1) is 34.4 Å². The molecule has 0 aliphatic carbocycles. The van der Waals surface area contributed by atoms with E-state index in [2.05, 4.69) is 5.32 Å². The van der Waals surface area contributed by atoms with Crippen molar-refractivity contribution in [1.29, 1.82) is 0 Å². The fourth-order valence-electron chi connectivity index (χ4n) is 2.70. The van der Waals surface area contributed by atoms with Gasteiger partial charge in [0, 0.05) is 0 Å². The van der Waals surface area contributed by atoms with Gasteiger partial charge in [-0.15, -0.1) is 0 Å². The van der Waals surface area contributed by atoms with Crippen molar-refractivity contribution in [2.45, 2.75) is 19.4 Å². The molecule has 0 aromatic heterocycles. The Kier molecular flexibility index (Phi) is 5.16. The lowest BCUT2D eigenvalue weighted by molar-refractivity contribution is -0.121. The van der Waals surface area contributed by atoms with Crippen molar-refractivity contribution in [3.8, 4) is 5.75 Å². The van der Waals surface area contributed by atoms with E-state index in [1.165, 1.54) is 6.07 Å². The van der Waals surface area contributed by atoms with Crippen molar-refractivity contribution in [3.63, 3.8) is 0 Å². The molecule has 1 N–H and O–H groups in total. The molecule has 0 spiro atoms. The highest BCUT2D eigenvalue weighted by Gasteiger charge is 2.40. The molecule has 2 aromatic carbocycles. The highest BCUT2D eigenvalue weighted by Crippen LogP contribution is 2.32. The molecule has 130 valence electrons. The number of amides is 2. The number of imide groups is 1. The van der Waals surface area contributed by atoms with Gasteiger partial charge in [0.15, 0.2) is 0 Å². The number of rotatable bonds is 5. The van der Waals surface area contributed by atoms with Crippen LogP contribution in [0.5, 0.6) is 5.75 Å². The van der Waals surface area contributed by atoms with Gasteiger partial charge >= 0.3 is 0 Å². The SMILES string of the molecule is CCOc1ccccc1NC1CC(=O)N(c2ccc(Cl)c(Cl)c2)C1=O. The average Bonchev–Trinajstić information content (AvgIpc) is 2.86. The van der Waals surface area contributed by atoms with Crippen LogP contribution in [0.15, 0.2) is 42.5 Å². The van der Waals surface area contributed by atoms with E-state index in [1.807, 2.05) is 31.2 Å². The first-order valence-electron chi connectivity index (χ1n) is 7.81. The number of nitrogens with zero attached hydrogens (tertiary/aromatic N) is 1. The number of anilines is 2. The molecule has 1 atom stereocenters. The normalized spacial score (nSPS) is 17.1. The van der Waals surface area contributed by atoms with Crippen molar-refractivity contribution in [3.05, 3.63) is 52.5 Å². The molecule has 1 unspecified atom stereocenters. The van der Waals surface area contributed by atoms with Crippen LogP contribution >= 0.6 is 23.2 Å². The van der Waals surface area contributed by atoms with Crippen LogP contribution in [0, 0.1) is 0 Å². The molecule has 1 aliphatic rings. The van der Waals surface area contributed by atoms with E-state index in [0.717, 1.165) is 4.90 Å². The highest BCUT2D eigenvalue weighted by atomic mass is 35.5. The molecule has 2 amide bonds. The summed E-state index contributed by atoms with van der Waals surface area (Å²) in [5, 5.41) is 3.76. The Morgan fingerprint density at radius 3 is 2.64 bits per heavy atom. The summed E-state index contributed by atoms with van der Waals surface area (Å²) in [7, 11) is 0. The predicted octanol–water partition coefficient (Wildman–Crippen LogP) is 4.14. The number of para-hydroxylation sites is 2. The number of halogens is 2. The lowest BCUT2D eigenvalue weighted by Gasteiger charge is -2.18. The topological polar surface area (TPSA) is 58.6 Å². The van der Waals surface area contributed by atoms with Crippen LogP contribution in [-0.4, -0.2) is 24.5 Å². The molecule has 7 heteroatoms. The molecular weight excluding hydrogens is 363 g/mol. The first-order chi connectivity index (χ1) is 12.0. The number of hydrogen-bond donors (Lipinski definition) is 1. The molecule has 0 saturated carbocycles. The average molecular weight is 379 g/mol. The Morgan fingerprint density at radius 1 is 1.16 bits per heavy atom. The number of nitrogens with one attached hydrogen (secondary N) is 1. The summed E-state index contributed by atoms with van der Waals surface area (Å²) in [4.78, 5) is 26.2. The van der Waals surface area contributed by atoms with E-state index < -0.39 is 6.04 Å². The minimum absolute atomic E-state index is 0.0551. The lowest BCUT2D eigenvalue weighted by Crippen LogP contribution is -2.34. The number of benzene rings is 2. The second-order valence-corrected chi connectivity index (χ2v) is 6.31. The predicted molar refractivity (Wildman–Crippen MR) is 98.6 cm³/mol. The third-order valence-corrected chi connectivity index (χ3v) is 4.56. The van der Waals surface area contributed by atoms with Crippen molar-refractivity contribution in [2.24, 2.45) is 0 Å². The quantitative estimate of drug-likeness (QED) is 0.794. The van der Waals surface area contributed by atoms with Gasteiger partial charge in [-0.25, -0.2) is 4.90 Å². The van der Waals surface area contributed by atoms with Crippen LogP contribution in [-0.2, 0) is 9.59 Å². The highest BCUT2D eigenvalue weighted by molar-refractivity contribution is 6.42. The maximum absolute atomic E-state index is 12.7. The van der Waals surface area contributed by atoms with Crippen LogP contribution in [0.1, 0.15) is 13.3 Å². The van der Waals surface area contributed by atoms with Gasteiger partial charge in [-0.1, -0.05) is 35.3 Å². The van der Waals surface area contributed by atoms with Gasteiger partial charge < -0.3 is 10.1 Å². The molecule has 1 heterocycles. The zero-order valence-electron chi connectivity index (χ0n) is 13.5. The van der Waals surface area contributed by atoms with Gasteiger partial charge in [-0.2, -0.15) is 0 Å². The summed E-state index contributed by atoms with van der Waals surface area (Å²) in [6.07, 6.45) is 0.0551. The largest absolute Gasteiger partial charge is 0.492 e. The second kappa shape index (κ2) is 7.33. The summed E-state index contributed by atoms with van der Waals surface area (Å²) in [5.41, 5.74) is 1.08. The fourth-order valence-corrected chi connectivity index (χ4v) is 2.99. The van der Waals surface area contributed by atoms with Crippen LogP contribution in [0.4, 0.5) is 11.4 Å². The smallest absolute Gasteiger partial charge is 0.256 e. The molecule has 0 bridgehead atoms. The Bertz CT molecular complexity index is 826. The van der Waals surface area contributed by atoms with Crippen LogP contribution in [0.2, 0.25) is 10.0 Å². The minimum Gasteiger partial charge on any atom is -0.492 e. The Hall–Kier alpha value is -2.24. The van der Waals surface area contributed by atoms with Crippen LogP contribution in [0.3, 0.4) is 0 Å². The summed E-state index contributed by atoms with van der Waals surface area (Å²) in [6.45, 7) is 2.39. The molecule has 1 aliphatic heterocycles. The third kappa shape index (κ3) is 3.57. The van der Waals surface area contributed by atoms with Crippen molar-refractivity contribution in [1.82, 2.24) is 0 Å². The van der Waals surface area contributed by atoms with Crippen molar-refractivity contribution >= 4 is 46.4 Å². The van der Waals surface area contributed by atoms with E-state index in [-0.39, 0.29) is 23.3 Å². The maximum atomic E-state index is 12.7. The fraction of sp³-hybridized carbons (Fsp3) is 0.222. The van der Waals surface area contributed by atoms with E-state index >= 15 is 0 Å². The van der Waals surface area contributed by atoms with Crippen LogP contribution < -0.4 is 15.0 Å².